The number of fused-ring (bicyclic) bond motifs is 1. The third-order valence-electron chi connectivity index (χ3n) is 1.86. The Morgan fingerprint density at radius 3 is 3.23 bits per heavy atom. The van der Waals surface area contributed by atoms with Gasteiger partial charge in [-0.15, -0.1) is 0 Å². The summed E-state index contributed by atoms with van der Waals surface area (Å²) in [4.78, 5) is 18.5. The van der Waals surface area contributed by atoms with Crippen LogP contribution in [-0.2, 0) is 11.3 Å². The summed E-state index contributed by atoms with van der Waals surface area (Å²) in [5, 5.41) is 0. The van der Waals surface area contributed by atoms with Gasteiger partial charge in [0.15, 0.2) is 5.65 Å². The number of aldehydes is 1. The number of aryl methyl sites for hydroxylation is 1. The maximum Gasteiger partial charge on any atom is 0.159 e. The number of carbonyl (C=O) groups is 1. The third kappa shape index (κ3) is 1.42. The van der Waals surface area contributed by atoms with Crippen molar-refractivity contribution in [3.05, 3.63) is 24.7 Å². The highest BCUT2D eigenvalue weighted by Gasteiger charge is 2.00. The molecule has 0 aliphatic rings. The van der Waals surface area contributed by atoms with E-state index in [1.165, 1.54) is 0 Å². The van der Waals surface area contributed by atoms with E-state index in [9.17, 15) is 4.79 Å². The smallest absolute Gasteiger partial charge is 0.159 e. The summed E-state index contributed by atoms with van der Waals surface area (Å²) >= 11 is 0. The second-order valence-corrected chi connectivity index (χ2v) is 2.74. The number of nitrogens with zero attached hydrogens (tertiary/aromatic N) is 3. The first-order valence-corrected chi connectivity index (χ1v) is 4.11. The van der Waals surface area contributed by atoms with Crippen LogP contribution in [0.3, 0.4) is 0 Å². The van der Waals surface area contributed by atoms with E-state index in [1.54, 1.807) is 12.5 Å². The molecule has 0 amide bonds. The van der Waals surface area contributed by atoms with E-state index in [4.69, 9.17) is 0 Å². The van der Waals surface area contributed by atoms with Crippen molar-refractivity contribution in [1.82, 2.24) is 14.5 Å². The van der Waals surface area contributed by atoms with Gasteiger partial charge < -0.3 is 9.36 Å². The lowest BCUT2D eigenvalue weighted by Crippen LogP contribution is -1.97. The van der Waals surface area contributed by atoms with Crippen molar-refractivity contribution in [2.45, 2.75) is 13.0 Å². The summed E-state index contributed by atoms with van der Waals surface area (Å²) in [6.45, 7) is 0.650. The van der Waals surface area contributed by atoms with Gasteiger partial charge >= 0.3 is 0 Å². The molecule has 2 rings (SSSR count). The third-order valence-corrected chi connectivity index (χ3v) is 1.86. The molecule has 0 aromatic carbocycles. The number of hydrogen-bond acceptors (Lipinski definition) is 3. The number of carbonyl (C=O) groups excluding carboxylic acids is 1. The Morgan fingerprint density at radius 2 is 2.38 bits per heavy atom. The molecule has 0 aliphatic heterocycles. The fourth-order valence-electron chi connectivity index (χ4n) is 1.25. The van der Waals surface area contributed by atoms with Crippen molar-refractivity contribution in [1.29, 1.82) is 0 Å². The Hall–Kier alpha value is -1.71. The van der Waals surface area contributed by atoms with Crippen molar-refractivity contribution < 1.29 is 4.79 Å². The predicted octanol–water partition coefficient (Wildman–Crippen LogP) is 1.02. The highest BCUT2D eigenvalue weighted by molar-refractivity contribution is 5.70. The first-order valence-electron chi connectivity index (χ1n) is 4.11. The second kappa shape index (κ2) is 3.35. The van der Waals surface area contributed by atoms with Crippen molar-refractivity contribution >= 4 is 17.5 Å². The summed E-state index contributed by atoms with van der Waals surface area (Å²) in [7, 11) is 0. The normalized spacial score (nSPS) is 10.5. The number of aromatic nitrogens is 3. The molecule has 2 aromatic heterocycles. The van der Waals surface area contributed by atoms with Crippen LogP contribution in [0.2, 0.25) is 0 Å². The van der Waals surface area contributed by atoms with Crippen LogP contribution in [-0.4, -0.2) is 20.8 Å². The van der Waals surface area contributed by atoms with E-state index < -0.39 is 0 Å². The van der Waals surface area contributed by atoms with Gasteiger partial charge in [0, 0.05) is 19.2 Å². The first kappa shape index (κ1) is 7.91. The molecule has 13 heavy (non-hydrogen) atoms. The zero-order chi connectivity index (χ0) is 9.10. The van der Waals surface area contributed by atoms with Gasteiger partial charge in [-0.2, -0.15) is 0 Å². The van der Waals surface area contributed by atoms with Crippen molar-refractivity contribution in [3.8, 4) is 0 Å². The van der Waals surface area contributed by atoms with Crippen LogP contribution in [0.15, 0.2) is 24.7 Å². The monoisotopic (exact) mass is 175 g/mol. The molecule has 0 unspecified atom stereocenters. The molecule has 66 valence electrons. The molecule has 0 radical (unpaired) electrons. The van der Waals surface area contributed by atoms with E-state index in [2.05, 4.69) is 9.97 Å². The Morgan fingerprint density at radius 1 is 1.46 bits per heavy atom. The molecule has 4 nitrogen and oxygen atoms in total. The molecule has 0 bridgehead atoms. The predicted molar refractivity (Wildman–Crippen MR) is 48.2 cm³/mol. The minimum absolute atomic E-state index is 0.502. The van der Waals surface area contributed by atoms with Crippen LogP contribution >= 0.6 is 0 Å². The molecule has 0 aliphatic carbocycles. The summed E-state index contributed by atoms with van der Waals surface area (Å²) < 4.78 is 1.88. The molecule has 4 heteroatoms. The lowest BCUT2D eigenvalue weighted by Gasteiger charge is -1.97. The fourth-order valence-corrected chi connectivity index (χ4v) is 1.25. The topological polar surface area (TPSA) is 47.8 Å². The van der Waals surface area contributed by atoms with E-state index in [0.717, 1.165) is 17.5 Å². The average Bonchev–Trinajstić information content (AvgIpc) is 2.58. The molecule has 0 N–H and O–H groups in total. The van der Waals surface area contributed by atoms with Gasteiger partial charge in [0.25, 0.3) is 0 Å². The Labute approximate surface area is 75.2 Å². The number of imidazole rings is 1. The lowest BCUT2D eigenvalue weighted by molar-refractivity contribution is -0.108. The zero-order valence-electron chi connectivity index (χ0n) is 7.05. The molecule has 0 spiro atoms. The summed E-state index contributed by atoms with van der Waals surface area (Å²) in [6.07, 6.45) is 4.83. The minimum atomic E-state index is 0.502. The maximum atomic E-state index is 10.2. The van der Waals surface area contributed by atoms with Gasteiger partial charge in [0.2, 0.25) is 0 Å². The Balaban J connectivity index is 2.40. The number of rotatable bonds is 3. The van der Waals surface area contributed by atoms with Gasteiger partial charge in [-0.25, -0.2) is 9.97 Å². The molecular formula is C9H9N3O. The molecule has 2 aromatic rings. The van der Waals surface area contributed by atoms with Crippen LogP contribution in [0.5, 0.6) is 0 Å². The molecule has 2 heterocycles. The largest absolute Gasteiger partial charge is 0.315 e. The number of hydrogen-bond donors (Lipinski definition) is 0. The fraction of sp³-hybridized carbons (Fsp3) is 0.222. The van der Waals surface area contributed by atoms with E-state index in [-0.39, 0.29) is 0 Å². The van der Waals surface area contributed by atoms with Crippen molar-refractivity contribution in [2.24, 2.45) is 0 Å². The Kier molecular flexibility index (Phi) is 2.04. The van der Waals surface area contributed by atoms with Crippen molar-refractivity contribution in [2.75, 3.05) is 0 Å². The summed E-state index contributed by atoms with van der Waals surface area (Å²) in [5.41, 5.74) is 1.71. The van der Waals surface area contributed by atoms with Crippen LogP contribution < -0.4 is 0 Å². The zero-order valence-corrected chi connectivity index (χ0v) is 7.05. The van der Waals surface area contributed by atoms with Crippen LogP contribution in [0.25, 0.3) is 11.2 Å². The van der Waals surface area contributed by atoms with E-state index in [1.807, 2.05) is 16.7 Å². The molecular weight excluding hydrogens is 166 g/mol. The highest BCUT2D eigenvalue weighted by Crippen LogP contribution is 2.08. The summed E-state index contributed by atoms with van der Waals surface area (Å²) in [5.74, 6) is 0. The molecule has 0 saturated carbocycles. The van der Waals surface area contributed by atoms with Gasteiger partial charge in [-0.1, -0.05) is 0 Å². The van der Waals surface area contributed by atoms with Gasteiger partial charge in [-0.3, -0.25) is 0 Å². The average molecular weight is 175 g/mol. The van der Waals surface area contributed by atoms with E-state index in [0.29, 0.717) is 13.0 Å². The minimum Gasteiger partial charge on any atom is -0.315 e. The standard InChI is InChI=1S/C9H9N3O/c13-6-2-5-12-7-11-8-3-1-4-10-9(8)12/h1,3-4,6-7H,2,5H2. The first-order chi connectivity index (χ1) is 6.42. The molecule has 0 saturated heterocycles. The van der Waals surface area contributed by atoms with Crippen LogP contribution in [0.1, 0.15) is 6.42 Å². The van der Waals surface area contributed by atoms with Crippen LogP contribution in [0, 0.1) is 0 Å². The van der Waals surface area contributed by atoms with Crippen LogP contribution in [0.4, 0.5) is 0 Å². The molecule has 0 atom stereocenters. The highest BCUT2D eigenvalue weighted by atomic mass is 16.1. The maximum absolute atomic E-state index is 10.2. The number of pyridine rings is 1. The van der Waals surface area contributed by atoms with Crippen molar-refractivity contribution in [3.63, 3.8) is 0 Å². The quantitative estimate of drug-likeness (QED) is 0.654. The molecule has 0 fully saturated rings. The van der Waals surface area contributed by atoms with Gasteiger partial charge in [0.1, 0.15) is 11.8 Å². The van der Waals surface area contributed by atoms with Gasteiger partial charge in [0.05, 0.1) is 6.33 Å². The van der Waals surface area contributed by atoms with E-state index >= 15 is 0 Å². The SMILES string of the molecule is O=CCCn1cnc2cccnc21. The lowest BCUT2D eigenvalue weighted by atomic mass is 10.4. The summed E-state index contributed by atoms with van der Waals surface area (Å²) in [6, 6.07) is 3.75. The van der Waals surface area contributed by atoms with Gasteiger partial charge in [-0.05, 0) is 12.1 Å². The Bertz CT molecular complexity index is 421. The second-order valence-electron chi connectivity index (χ2n) is 2.74.